The highest BCUT2D eigenvalue weighted by molar-refractivity contribution is 5.90. The van der Waals surface area contributed by atoms with Crippen LogP contribution in [0.25, 0.3) is 0 Å². The minimum Gasteiger partial charge on any atom is -0.482 e. The number of hydrogen-bond donors (Lipinski definition) is 0. The predicted molar refractivity (Wildman–Crippen MR) is 94.0 cm³/mol. The molecule has 5 heteroatoms. The van der Waals surface area contributed by atoms with Crippen molar-refractivity contribution in [1.82, 2.24) is 0 Å². The Morgan fingerprint density at radius 1 is 1.04 bits per heavy atom. The Bertz CT molecular complexity index is 764. The summed E-state index contributed by atoms with van der Waals surface area (Å²) in [6.45, 7) is 7.18. The highest BCUT2D eigenvalue weighted by atomic mass is 16.6. The SMILES string of the molecule is Cc1ccc(C)c(OCC(=O)Oc2cccc(C(=O)OC(C)C)c2)c1. The summed E-state index contributed by atoms with van der Waals surface area (Å²) in [5, 5.41) is 0. The van der Waals surface area contributed by atoms with E-state index in [0.29, 0.717) is 11.3 Å². The lowest BCUT2D eigenvalue weighted by molar-refractivity contribution is -0.136. The fourth-order valence-corrected chi connectivity index (χ4v) is 2.13. The Kier molecular flexibility index (Phi) is 6.17. The standard InChI is InChI=1S/C20H22O5/c1-13(2)24-20(22)16-6-5-7-17(11-16)25-19(21)12-23-18-10-14(3)8-9-15(18)4/h5-11,13H,12H2,1-4H3. The van der Waals surface area contributed by atoms with Gasteiger partial charge in [0.2, 0.25) is 0 Å². The minimum atomic E-state index is -0.546. The van der Waals surface area contributed by atoms with E-state index in [1.54, 1.807) is 32.0 Å². The van der Waals surface area contributed by atoms with E-state index in [9.17, 15) is 9.59 Å². The van der Waals surface area contributed by atoms with E-state index in [1.807, 2.05) is 32.0 Å². The number of rotatable bonds is 6. The van der Waals surface area contributed by atoms with Crippen LogP contribution >= 0.6 is 0 Å². The van der Waals surface area contributed by atoms with E-state index in [-0.39, 0.29) is 18.5 Å². The minimum absolute atomic E-state index is 0.217. The van der Waals surface area contributed by atoms with Crippen molar-refractivity contribution in [3.63, 3.8) is 0 Å². The molecule has 0 saturated heterocycles. The smallest absolute Gasteiger partial charge is 0.349 e. The number of benzene rings is 2. The van der Waals surface area contributed by atoms with Crippen molar-refractivity contribution in [2.75, 3.05) is 6.61 Å². The summed E-state index contributed by atoms with van der Waals surface area (Å²) in [7, 11) is 0. The Morgan fingerprint density at radius 3 is 2.52 bits per heavy atom. The Hall–Kier alpha value is -2.82. The molecule has 0 saturated carbocycles. The first kappa shape index (κ1) is 18.5. The summed E-state index contributed by atoms with van der Waals surface area (Å²) in [6.07, 6.45) is -0.218. The molecule has 2 aromatic rings. The van der Waals surface area contributed by atoms with Gasteiger partial charge in [-0.2, -0.15) is 0 Å². The Balaban J connectivity index is 1.96. The topological polar surface area (TPSA) is 61.8 Å². The Morgan fingerprint density at radius 2 is 1.80 bits per heavy atom. The molecule has 2 rings (SSSR count). The third kappa shape index (κ3) is 5.64. The highest BCUT2D eigenvalue weighted by Gasteiger charge is 2.12. The van der Waals surface area contributed by atoms with Gasteiger partial charge in [0, 0.05) is 0 Å². The number of esters is 2. The maximum atomic E-state index is 12.0. The van der Waals surface area contributed by atoms with Crippen LogP contribution in [0.4, 0.5) is 0 Å². The molecule has 5 nitrogen and oxygen atoms in total. The van der Waals surface area contributed by atoms with Crippen molar-refractivity contribution < 1.29 is 23.8 Å². The van der Waals surface area contributed by atoms with Gasteiger partial charge in [-0.3, -0.25) is 0 Å². The van der Waals surface area contributed by atoms with Crippen LogP contribution in [0.5, 0.6) is 11.5 Å². The monoisotopic (exact) mass is 342 g/mol. The second-order valence-corrected chi connectivity index (χ2v) is 6.01. The van der Waals surface area contributed by atoms with Crippen LogP contribution < -0.4 is 9.47 Å². The molecule has 0 bridgehead atoms. The van der Waals surface area contributed by atoms with Crippen molar-refractivity contribution in [1.29, 1.82) is 0 Å². The lowest BCUT2D eigenvalue weighted by atomic mass is 10.1. The average molecular weight is 342 g/mol. The number of ether oxygens (including phenoxy) is 3. The zero-order chi connectivity index (χ0) is 18.4. The largest absolute Gasteiger partial charge is 0.482 e. The molecule has 0 N–H and O–H groups in total. The van der Waals surface area contributed by atoms with Gasteiger partial charge in [0.05, 0.1) is 11.7 Å². The number of aryl methyl sites for hydroxylation is 2. The second kappa shape index (κ2) is 8.33. The fraction of sp³-hybridized carbons (Fsp3) is 0.300. The number of carbonyl (C=O) groups is 2. The van der Waals surface area contributed by atoms with Gasteiger partial charge >= 0.3 is 11.9 Å². The van der Waals surface area contributed by atoms with E-state index in [0.717, 1.165) is 11.1 Å². The van der Waals surface area contributed by atoms with Gasteiger partial charge in [-0.25, -0.2) is 9.59 Å². The van der Waals surface area contributed by atoms with Gasteiger partial charge in [0.1, 0.15) is 11.5 Å². The summed E-state index contributed by atoms with van der Waals surface area (Å²) in [5.41, 5.74) is 2.32. The molecular formula is C20H22O5. The third-order valence-corrected chi connectivity index (χ3v) is 3.33. The first-order chi connectivity index (χ1) is 11.8. The molecule has 0 aromatic heterocycles. The normalized spacial score (nSPS) is 10.4. The molecule has 0 spiro atoms. The van der Waals surface area contributed by atoms with Crippen molar-refractivity contribution >= 4 is 11.9 Å². The quantitative estimate of drug-likeness (QED) is 0.589. The molecule has 2 aromatic carbocycles. The van der Waals surface area contributed by atoms with Crippen LogP contribution in [0, 0.1) is 13.8 Å². The Labute approximate surface area is 147 Å². The number of hydrogen-bond acceptors (Lipinski definition) is 5. The molecule has 25 heavy (non-hydrogen) atoms. The molecule has 0 heterocycles. The van der Waals surface area contributed by atoms with E-state index in [2.05, 4.69) is 0 Å². The second-order valence-electron chi connectivity index (χ2n) is 6.01. The average Bonchev–Trinajstić information content (AvgIpc) is 2.55. The van der Waals surface area contributed by atoms with Crippen molar-refractivity contribution in [2.24, 2.45) is 0 Å². The summed E-state index contributed by atoms with van der Waals surface area (Å²) in [6, 6.07) is 12.1. The molecule has 0 radical (unpaired) electrons. The van der Waals surface area contributed by atoms with Gasteiger partial charge in [0.15, 0.2) is 6.61 Å². The lowest BCUT2D eigenvalue weighted by Gasteiger charge is -2.11. The van der Waals surface area contributed by atoms with Crippen LogP contribution in [-0.4, -0.2) is 24.6 Å². The van der Waals surface area contributed by atoms with Crippen molar-refractivity contribution in [2.45, 2.75) is 33.8 Å². The summed E-state index contributed by atoms with van der Waals surface area (Å²) in [4.78, 5) is 23.9. The molecule has 0 amide bonds. The maximum absolute atomic E-state index is 12.0. The first-order valence-electron chi connectivity index (χ1n) is 8.07. The van der Waals surface area contributed by atoms with Gasteiger partial charge in [-0.1, -0.05) is 18.2 Å². The summed E-state index contributed by atoms with van der Waals surface area (Å²) >= 11 is 0. The van der Waals surface area contributed by atoms with Gasteiger partial charge in [0.25, 0.3) is 0 Å². The zero-order valence-electron chi connectivity index (χ0n) is 14.9. The highest BCUT2D eigenvalue weighted by Crippen LogP contribution is 2.19. The van der Waals surface area contributed by atoms with Crippen LogP contribution in [0.1, 0.15) is 35.3 Å². The van der Waals surface area contributed by atoms with E-state index >= 15 is 0 Å². The van der Waals surface area contributed by atoms with E-state index in [4.69, 9.17) is 14.2 Å². The van der Waals surface area contributed by atoms with Crippen LogP contribution in [0.3, 0.4) is 0 Å². The van der Waals surface area contributed by atoms with E-state index in [1.165, 1.54) is 6.07 Å². The van der Waals surface area contributed by atoms with Gasteiger partial charge < -0.3 is 14.2 Å². The number of carbonyl (C=O) groups excluding carboxylic acids is 2. The van der Waals surface area contributed by atoms with Crippen LogP contribution in [0.2, 0.25) is 0 Å². The maximum Gasteiger partial charge on any atom is 0.349 e. The first-order valence-corrected chi connectivity index (χ1v) is 8.07. The molecule has 0 aliphatic heterocycles. The molecule has 0 atom stereocenters. The molecule has 0 unspecified atom stereocenters. The van der Waals surface area contributed by atoms with Crippen LogP contribution in [-0.2, 0) is 9.53 Å². The molecular weight excluding hydrogens is 320 g/mol. The molecule has 132 valence electrons. The molecule has 0 aliphatic rings. The zero-order valence-corrected chi connectivity index (χ0v) is 14.9. The van der Waals surface area contributed by atoms with Gasteiger partial charge in [-0.05, 0) is 63.1 Å². The van der Waals surface area contributed by atoms with Crippen molar-refractivity contribution in [3.05, 3.63) is 59.2 Å². The summed E-state index contributed by atoms with van der Waals surface area (Å²) in [5.74, 6) is -0.0891. The van der Waals surface area contributed by atoms with E-state index < -0.39 is 11.9 Å². The lowest BCUT2D eigenvalue weighted by Crippen LogP contribution is -2.18. The van der Waals surface area contributed by atoms with Gasteiger partial charge in [-0.15, -0.1) is 0 Å². The summed E-state index contributed by atoms with van der Waals surface area (Å²) < 4.78 is 15.9. The molecule has 0 fully saturated rings. The van der Waals surface area contributed by atoms with Crippen LogP contribution in [0.15, 0.2) is 42.5 Å². The predicted octanol–water partition coefficient (Wildman–Crippen LogP) is 3.85. The molecule has 0 aliphatic carbocycles. The van der Waals surface area contributed by atoms with Crippen molar-refractivity contribution in [3.8, 4) is 11.5 Å². The third-order valence-electron chi connectivity index (χ3n) is 3.33. The fourth-order valence-electron chi connectivity index (χ4n) is 2.13.